The molecule has 0 heterocycles. The van der Waals surface area contributed by atoms with Gasteiger partial charge in [0.25, 0.3) is 5.91 Å². The Morgan fingerprint density at radius 2 is 1.96 bits per heavy atom. The number of nitrogens with zero attached hydrogens (tertiary/aromatic N) is 1. The van der Waals surface area contributed by atoms with Crippen LogP contribution in [0.4, 0.5) is 0 Å². The van der Waals surface area contributed by atoms with Gasteiger partial charge >= 0.3 is 0 Å². The number of rotatable bonds is 4. The molecule has 25 heavy (non-hydrogen) atoms. The number of hydrogen-bond acceptors (Lipinski definition) is 3. The van der Waals surface area contributed by atoms with Crippen molar-refractivity contribution in [3.05, 3.63) is 75.8 Å². The number of aryl methyl sites for hydroxylation is 1. The fourth-order valence-electron chi connectivity index (χ4n) is 2.70. The molecule has 3 aromatic carbocycles. The number of amides is 1. The van der Waals surface area contributed by atoms with Crippen molar-refractivity contribution < 1.29 is 9.53 Å². The third-order valence-electron chi connectivity index (χ3n) is 3.93. The summed E-state index contributed by atoms with van der Waals surface area (Å²) < 4.78 is 6.20. The Kier molecular flexibility index (Phi) is 5.14. The second-order valence-electron chi connectivity index (χ2n) is 5.56. The van der Waals surface area contributed by atoms with Crippen molar-refractivity contribution in [3.63, 3.8) is 0 Å². The summed E-state index contributed by atoms with van der Waals surface area (Å²) in [5.74, 6) is 0.446. The molecule has 0 atom stereocenters. The number of benzene rings is 3. The maximum Gasteiger partial charge on any atom is 0.272 e. The summed E-state index contributed by atoms with van der Waals surface area (Å²) >= 11 is 3.42. The quantitative estimate of drug-likeness (QED) is 0.513. The van der Waals surface area contributed by atoms with Gasteiger partial charge < -0.3 is 4.74 Å². The molecule has 5 heteroatoms. The molecular formula is C20H17BrN2O2. The number of nitrogens with one attached hydrogen (secondary N) is 1. The van der Waals surface area contributed by atoms with Gasteiger partial charge in [0.05, 0.1) is 18.9 Å². The van der Waals surface area contributed by atoms with Gasteiger partial charge in [-0.15, -0.1) is 0 Å². The van der Waals surface area contributed by atoms with Crippen LogP contribution in [0.15, 0.2) is 64.2 Å². The average Bonchev–Trinajstić information content (AvgIpc) is 2.61. The van der Waals surface area contributed by atoms with Crippen molar-refractivity contribution in [1.82, 2.24) is 5.43 Å². The highest BCUT2D eigenvalue weighted by Gasteiger charge is 2.12. The molecule has 0 bridgehead atoms. The second-order valence-corrected chi connectivity index (χ2v) is 6.48. The van der Waals surface area contributed by atoms with E-state index >= 15 is 0 Å². The van der Waals surface area contributed by atoms with Crippen LogP contribution in [0, 0.1) is 6.92 Å². The zero-order chi connectivity index (χ0) is 17.8. The monoisotopic (exact) mass is 396 g/mol. The molecule has 1 amide bonds. The molecular weight excluding hydrogens is 380 g/mol. The number of hydrogen-bond donors (Lipinski definition) is 1. The third-order valence-corrected chi connectivity index (χ3v) is 4.42. The fourth-order valence-corrected chi connectivity index (χ4v) is 3.08. The van der Waals surface area contributed by atoms with E-state index in [9.17, 15) is 4.79 Å². The second kappa shape index (κ2) is 7.49. The highest BCUT2D eigenvalue weighted by Crippen LogP contribution is 2.23. The zero-order valence-corrected chi connectivity index (χ0v) is 15.5. The Labute approximate surface area is 154 Å². The predicted molar refractivity (Wildman–Crippen MR) is 104 cm³/mol. The summed E-state index contributed by atoms with van der Waals surface area (Å²) in [7, 11) is 1.60. The largest absolute Gasteiger partial charge is 0.496 e. The van der Waals surface area contributed by atoms with E-state index in [-0.39, 0.29) is 5.91 Å². The van der Waals surface area contributed by atoms with E-state index in [1.165, 1.54) is 0 Å². The summed E-state index contributed by atoms with van der Waals surface area (Å²) in [4.78, 5) is 12.6. The maximum atomic E-state index is 12.6. The van der Waals surface area contributed by atoms with Crippen LogP contribution in [0.5, 0.6) is 5.75 Å². The van der Waals surface area contributed by atoms with Crippen molar-refractivity contribution >= 4 is 38.8 Å². The first-order chi connectivity index (χ1) is 12.1. The Morgan fingerprint density at radius 3 is 2.76 bits per heavy atom. The van der Waals surface area contributed by atoms with Crippen LogP contribution < -0.4 is 10.2 Å². The Bertz CT molecular complexity index is 967. The van der Waals surface area contributed by atoms with Crippen LogP contribution in [-0.4, -0.2) is 19.2 Å². The molecule has 0 spiro atoms. The average molecular weight is 397 g/mol. The molecule has 4 nitrogen and oxygen atoms in total. The van der Waals surface area contributed by atoms with Crippen LogP contribution >= 0.6 is 15.9 Å². The Balaban J connectivity index is 1.87. The molecule has 0 aromatic heterocycles. The molecule has 1 N–H and O–H groups in total. The molecule has 0 saturated heterocycles. The van der Waals surface area contributed by atoms with Gasteiger partial charge in [0.2, 0.25) is 0 Å². The summed E-state index contributed by atoms with van der Waals surface area (Å²) in [6, 6.07) is 17.4. The van der Waals surface area contributed by atoms with E-state index in [4.69, 9.17) is 4.74 Å². The van der Waals surface area contributed by atoms with Crippen LogP contribution in [0.3, 0.4) is 0 Å². The van der Waals surface area contributed by atoms with Gasteiger partial charge in [0.15, 0.2) is 0 Å². The summed E-state index contributed by atoms with van der Waals surface area (Å²) in [6.45, 7) is 1.92. The molecule has 3 aromatic rings. The molecule has 0 unspecified atom stereocenters. The lowest BCUT2D eigenvalue weighted by Gasteiger charge is -2.09. The first-order valence-corrected chi connectivity index (χ1v) is 8.55. The van der Waals surface area contributed by atoms with E-state index in [0.717, 1.165) is 26.4 Å². The van der Waals surface area contributed by atoms with Gasteiger partial charge in [-0.3, -0.25) is 4.79 Å². The van der Waals surface area contributed by atoms with Gasteiger partial charge in [0, 0.05) is 10.0 Å². The van der Waals surface area contributed by atoms with Crippen LogP contribution in [0.1, 0.15) is 21.5 Å². The first kappa shape index (κ1) is 17.2. The van der Waals surface area contributed by atoms with E-state index in [1.807, 2.05) is 61.5 Å². The van der Waals surface area contributed by atoms with Gasteiger partial charge in [-0.2, -0.15) is 5.10 Å². The number of fused-ring (bicyclic) bond motifs is 1. The fraction of sp³-hybridized carbons (Fsp3) is 0.100. The number of carbonyl (C=O) groups is 1. The van der Waals surface area contributed by atoms with Crippen molar-refractivity contribution in [3.8, 4) is 5.75 Å². The van der Waals surface area contributed by atoms with E-state index in [2.05, 4.69) is 26.5 Å². The minimum atomic E-state index is -0.237. The SMILES string of the molecule is COc1ccc(Br)cc1/C=N\NC(=O)c1c(C)ccc2ccccc12. The molecule has 0 fully saturated rings. The predicted octanol–water partition coefficient (Wildman–Crippen LogP) is 4.68. The van der Waals surface area contributed by atoms with Crippen molar-refractivity contribution in [2.75, 3.05) is 7.11 Å². The number of halogens is 1. The standard InChI is InChI=1S/C20H17BrN2O2/c1-13-7-8-14-5-3-4-6-17(14)19(13)20(24)23-22-12-15-11-16(21)9-10-18(15)25-2/h3-12H,1-2H3,(H,23,24)/b22-12-. The van der Waals surface area contributed by atoms with Gasteiger partial charge in [0.1, 0.15) is 5.75 Å². The lowest BCUT2D eigenvalue weighted by Crippen LogP contribution is -2.19. The number of hydrazone groups is 1. The molecule has 0 aliphatic rings. The zero-order valence-electron chi connectivity index (χ0n) is 13.9. The van der Waals surface area contributed by atoms with Crippen LogP contribution in [0.2, 0.25) is 0 Å². The van der Waals surface area contributed by atoms with Crippen LogP contribution in [0.25, 0.3) is 10.8 Å². The van der Waals surface area contributed by atoms with Crippen molar-refractivity contribution in [2.24, 2.45) is 5.10 Å². The van der Waals surface area contributed by atoms with E-state index in [1.54, 1.807) is 13.3 Å². The third kappa shape index (κ3) is 3.72. The summed E-state index contributed by atoms with van der Waals surface area (Å²) in [5, 5.41) is 6.03. The Hall–Kier alpha value is -2.66. The molecule has 3 rings (SSSR count). The van der Waals surface area contributed by atoms with Crippen molar-refractivity contribution in [2.45, 2.75) is 6.92 Å². The molecule has 0 aliphatic carbocycles. The number of methoxy groups -OCH3 is 1. The van der Waals surface area contributed by atoms with E-state index in [0.29, 0.717) is 11.3 Å². The lowest BCUT2D eigenvalue weighted by atomic mass is 9.99. The topological polar surface area (TPSA) is 50.7 Å². The summed E-state index contributed by atoms with van der Waals surface area (Å²) in [5.41, 5.74) is 4.93. The van der Waals surface area contributed by atoms with E-state index < -0.39 is 0 Å². The van der Waals surface area contributed by atoms with Gasteiger partial charge in [-0.25, -0.2) is 5.43 Å². The van der Waals surface area contributed by atoms with Gasteiger partial charge in [-0.05, 0) is 41.5 Å². The highest BCUT2D eigenvalue weighted by atomic mass is 79.9. The summed E-state index contributed by atoms with van der Waals surface area (Å²) in [6.07, 6.45) is 1.57. The highest BCUT2D eigenvalue weighted by molar-refractivity contribution is 9.10. The molecule has 0 radical (unpaired) electrons. The normalized spacial score (nSPS) is 11.0. The minimum absolute atomic E-state index is 0.237. The maximum absolute atomic E-state index is 12.6. The number of carbonyl (C=O) groups excluding carboxylic acids is 1. The number of ether oxygens (including phenoxy) is 1. The van der Waals surface area contributed by atoms with Gasteiger partial charge in [-0.1, -0.05) is 52.3 Å². The molecule has 126 valence electrons. The lowest BCUT2D eigenvalue weighted by molar-refractivity contribution is 0.0956. The molecule has 0 aliphatic heterocycles. The van der Waals surface area contributed by atoms with Crippen molar-refractivity contribution in [1.29, 1.82) is 0 Å². The van der Waals surface area contributed by atoms with Crippen LogP contribution in [-0.2, 0) is 0 Å². The minimum Gasteiger partial charge on any atom is -0.496 e. The molecule has 0 saturated carbocycles. The first-order valence-electron chi connectivity index (χ1n) is 7.75. The Morgan fingerprint density at radius 1 is 1.16 bits per heavy atom. The smallest absolute Gasteiger partial charge is 0.272 e.